The van der Waals surface area contributed by atoms with Crippen molar-refractivity contribution in [2.45, 2.75) is 20.3 Å². The summed E-state index contributed by atoms with van der Waals surface area (Å²) in [4.78, 5) is 12.6. The molecule has 0 spiro atoms. The Labute approximate surface area is 221 Å². The van der Waals surface area contributed by atoms with Crippen molar-refractivity contribution in [1.82, 2.24) is 10.2 Å². The van der Waals surface area contributed by atoms with Gasteiger partial charge in [0.05, 0.1) is 18.2 Å². The highest BCUT2D eigenvalue weighted by atomic mass is 79.9. The van der Waals surface area contributed by atoms with Gasteiger partial charge in [0.25, 0.3) is 5.91 Å². The van der Waals surface area contributed by atoms with Gasteiger partial charge in [-0.2, -0.15) is 5.26 Å². The monoisotopic (exact) mass is 572 g/mol. The topological polar surface area (TPSA) is 116 Å². The van der Waals surface area contributed by atoms with E-state index in [-0.39, 0.29) is 18.8 Å². The minimum absolute atomic E-state index is 0.0866. The van der Waals surface area contributed by atoms with Crippen LogP contribution in [0.2, 0.25) is 0 Å². The molecule has 0 saturated heterocycles. The summed E-state index contributed by atoms with van der Waals surface area (Å²) in [7, 11) is 1.58. The molecule has 0 fully saturated rings. The van der Waals surface area contributed by atoms with E-state index in [4.69, 9.17) is 18.9 Å². The Morgan fingerprint density at radius 1 is 1.11 bits per heavy atom. The molecule has 0 radical (unpaired) electrons. The molecule has 11 heteroatoms. The van der Waals surface area contributed by atoms with E-state index in [1.807, 2.05) is 44.2 Å². The molecule has 0 unspecified atom stereocenters. The van der Waals surface area contributed by atoms with Gasteiger partial charge in [0, 0.05) is 0 Å². The highest BCUT2D eigenvalue weighted by Gasteiger charge is 2.16. The standard InChI is InChI=1S/C25H25BrN4O5S/c1-4-22-29-30-25(36-22)28-24(31)17(15-27)12-16-13-18(26)23(21(14-16)33-5-2)35-11-10-34-20-9-7-6-8-19(20)32-3/h6-9,12-14H,4-5,10-11H2,1-3H3,(H,28,30,31). The van der Waals surface area contributed by atoms with Gasteiger partial charge in [-0.05, 0) is 65.2 Å². The summed E-state index contributed by atoms with van der Waals surface area (Å²) in [5.41, 5.74) is 0.498. The molecule has 1 heterocycles. The molecule has 3 rings (SSSR count). The van der Waals surface area contributed by atoms with Crippen LogP contribution in [0.5, 0.6) is 23.0 Å². The summed E-state index contributed by atoms with van der Waals surface area (Å²) in [5, 5.41) is 21.2. The first-order valence-electron chi connectivity index (χ1n) is 11.1. The minimum atomic E-state index is -0.570. The molecule has 2 aromatic carbocycles. The lowest BCUT2D eigenvalue weighted by Gasteiger charge is -2.15. The Morgan fingerprint density at radius 3 is 2.53 bits per heavy atom. The maximum absolute atomic E-state index is 12.6. The van der Waals surface area contributed by atoms with Crippen LogP contribution in [0.3, 0.4) is 0 Å². The SMILES string of the molecule is CCOc1cc(C=C(C#N)C(=O)Nc2nnc(CC)s2)cc(Br)c1OCCOc1ccccc1OC. The van der Waals surface area contributed by atoms with Crippen molar-refractivity contribution in [1.29, 1.82) is 5.26 Å². The number of aromatic nitrogens is 2. The smallest absolute Gasteiger partial charge is 0.268 e. The van der Waals surface area contributed by atoms with Crippen LogP contribution in [0.4, 0.5) is 5.13 Å². The number of aryl methyl sites for hydroxylation is 1. The van der Waals surface area contributed by atoms with E-state index in [1.165, 1.54) is 17.4 Å². The van der Waals surface area contributed by atoms with E-state index >= 15 is 0 Å². The maximum atomic E-state index is 12.6. The second-order valence-electron chi connectivity index (χ2n) is 7.09. The van der Waals surface area contributed by atoms with Crippen LogP contribution in [0.25, 0.3) is 6.08 Å². The van der Waals surface area contributed by atoms with Crippen molar-refractivity contribution < 1.29 is 23.7 Å². The van der Waals surface area contributed by atoms with E-state index in [0.29, 0.717) is 51.2 Å². The number of carbonyl (C=O) groups is 1. The predicted octanol–water partition coefficient (Wildman–Crippen LogP) is 5.27. The molecule has 3 aromatic rings. The Morgan fingerprint density at radius 2 is 1.86 bits per heavy atom. The highest BCUT2D eigenvalue weighted by Crippen LogP contribution is 2.37. The third-order valence-electron chi connectivity index (χ3n) is 4.65. The first kappa shape index (κ1) is 27.0. The van der Waals surface area contributed by atoms with E-state index in [9.17, 15) is 10.1 Å². The summed E-state index contributed by atoms with van der Waals surface area (Å²) in [6.45, 7) is 4.73. The average Bonchev–Trinajstić information content (AvgIpc) is 3.34. The molecule has 36 heavy (non-hydrogen) atoms. The fraction of sp³-hybridized carbons (Fsp3) is 0.280. The second kappa shape index (κ2) is 13.5. The molecule has 0 aliphatic heterocycles. The van der Waals surface area contributed by atoms with E-state index in [2.05, 4.69) is 31.4 Å². The number of nitrogens with one attached hydrogen (secondary N) is 1. The summed E-state index contributed by atoms with van der Waals surface area (Å²) in [6.07, 6.45) is 2.18. The zero-order valence-corrected chi connectivity index (χ0v) is 22.4. The molecular formula is C25H25BrN4O5S. The lowest BCUT2D eigenvalue weighted by atomic mass is 10.1. The number of amides is 1. The number of halogens is 1. The van der Waals surface area contributed by atoms with E-state index in [0.717, 1.165) is 5.01 Å². The predicted molar refractivity (Wildman–Crippen MR) is 141 cm³/mol. The van der Waals surface area contributed by atoms with E-state index < -0.39 is 5.91 Å². The Balaban J connectivity index is 1.72. The zero-order valence-electron chi connectivity index (χ0n) is 20.0. The number of nitriles is 1. The average molecular weight is 573 g/mol. The number of rotatable bonds is 12. The van der Waals surface area contributed by atoms with Crippen LogP contribution in [-0.2, 0) is 11.2 Å². The third kappa shape index (κ3) is 7.19. The lowest BCUT2D eigenvalue weighted by Crippen LogP contribution is -2.13. The van der Waals surface area contributed by atoms with Gasteiger partial charge in [-0.25, -0.2) is 0 Å². The lowest BCUT2D eigenvalue weighted by molar-refractivity contribution is -0.112. The van der Waals surface area contributed by atoms with Gasteiger partial charge < -0.3 is 18.9 Å². The van der Waals surface area contributed by atoms with Gasteiger partial charge in [-0.1, -0.05) is 30.4 Å². The van der Waals surface area contributed by atoms with Crippen LogP contribution in [0, 0.1) is 11.3 Å². The number of ether oxygens (including phenoxy) is 4. The first-order chi connectivity index (χ1) is 17.5. The van der Waals surface area contributed by atoms with Gasteiger partial charge in [-0.15, -0.1) is 10.2 Å². The Kier molecular flexibility index (Phi) is 10.1. The van der Waals surface area contributed by atoms with Crippen LogP contribution in [0.1, 0.15) is 24.4 Å². The molecular weight excluding hydrogens is 548 g/mol. The van der Waals surface area contributed by atoms with Crippen molar-refractivity contribution in [2.75, 3.05) is 32.2 Å². The number of anilines is 1. The highest BCUT2D eigenvalue weighted by molar-refractivity contribution is 9.10. The number of hydrogen-bond acceptors (Lipinski definition) is 9. The summed E-state index contributed by atoms with van der Waals surface area (Å²) < 4.78 is 23.3. The molecule has 0 aliphatic carbocycles. The van der Waals surface area contributed by atoms with Gasteiger partial charge in [0.2, 0.25) is 5.13 Å². The van der Waals surface area contributed by atoms with Gasteiger partial charge >= 0.3 is 0 Å². The van der Waals surface area contributed by atoms with Crippen LogP contribution in [-0.4, -0.2) is 43.0 Å². The fourth-order valence-corrected chi connectivity index (χ4v) is 4.28. The van der Waals surface area contributed by atoms with Crippen molar-refractivity contribution in [2.24, 2.45) is 0 Å². The Bertz CT molecular complexity index is 1270. The third-order valence-corrected chi connectivity index (χ3v) is 6.23. The van der Waals surface area contributed by atoms with Crippen molar-refractivity contribution in [3.8, 4) is 29.1 Å². The van der Waals surface area contributed by atoms with Gasteiger partial charge in [-0.3, -0.25) is 10.1 Å². The summed E-state index contributed by atoms with van der Waals surface area (Å²) in [5.74, 6) is 1.64. The second-order valence-corrected chi connectivity index (χ2v) is 9.01. The number of nitrogens with zero attached hydrogens (tertiary/aromatic N) is 3. The first-order valence-corrected chi connectivity index (χ1v) is 12.7. The molecule has 0 aliphatic rings. The van der Waals surface area contributed by atoms with Gasteiger partial charge in [0.1, 0.15) is 29.9 Å². The molecule has 1 N–H and O–H groups in total. The normalized spacial score (nSPS) is 10.9. The fourth-order valence-electron chi connectivity index (χ4n) is 3.03. The number of para-hydroxylation sites is 2. The van der Waals surface area contributed by atoms with Gasteiger partial charge in [0.15, 0.2) is 23.0 Å². The largest absolute Gasteiger partial charge is 0.493 e. The summed E-state index contributed by atoms with van der Waals surface area (Å²) >= 11 is 4.77. The molecule has 188 valence electrons. The molecule has 9 nitrogen and oxygen atoms in total. The molecule has 1 amide bonds. The van der Waals surface area contributed by atoms with E-state index in [1.54, 1.807) is 19.2 Å². The quantitative estimate of drug-likeness (QED) is 0.177. The zero-order chi connectivity index (χ0) is 25.9. The Hall–Kier alpha value is -3.62. The maximum Gasteiger partial charge on any atom is 0.268 e. The van der Waals surface area contributed by atoms with Crippen molar-refractivity contribution in [3.63, 3.8) is 0 Å². The molecule has 1 aromatic heterocycles. The van der Waals surface area contributed by atoms with Crippen molar-refractivity contribution in [3.05, 3.63) is 57.0 Å². The van der Waals surface area contributed by atoms with Crippen LogP contribution >= 0.6 is 27.3 Å². The minimum Gasteiger partial charge on any atom is -0.493 e. The summed E-state index contributed by atoms with van der Waals surface area (Å²) in [6, 6.07) is 12.7. The number of methoxy groups -OCH3 is 1. The van der Waals surface area contributed by atoms with Crippen molar-refractivity contribution >= 4 is 44.4 Å². The number of hydrogen-bond donors (Lipinski definition) is 1. The molecule has 0 bridgehead atoms. The van der Waals surface area contributed by atoms with Crippen LogP contribution in [0.15, 0.2) is 46.4 Å². The number of benzene rings is 2. The number of carbonyl (C=O) groups excluding carboxylic acids is 1. The van der Waals surface area contributed by atoms with Crippen LogP contribution < -0.4 is 24.3 Å². The molecule has 0 saturated carbocycles. The molecule has 0 atom stereocenters.